The number of hydrogen-bond acceptors (Lipinski definition) is 3. The van der Waals surface area contributed by atoms with Crippen LogP contribution in [-0.2, 0) is 4.74 Å². The number of benzene rings is 1. The minimum atomic E-state index is -0.175. The van der Waals surface area contributed by atoms with Gasteiger partial charge in [-0.3, -0.25) is 4.90 Å². The average Bonchev–Trinajstić information content (AvgIpc) is 3.00. The highest BCUT2D eigenvalue weighted by molar-refractivity contribution is 5.89. The van der Waals surface area contributed by atoms with Crippen LogP contribution in [0, 0.1) is 0 Å². The molecule has 1 aliphatic rings. The fourth-order valence-electron chi connectivity index (χ4n) is 2.78. The van der Waals surface area contributed by atoms with E-state index in [-0.39, 0.29) is 6.03 Å². The molecule has 2 amide bonds. The molecular weight excluding hydrogens is 304 g/mol. The summed E-state index contributed by atoms with van der Waals surface area (Å²) in [6, 6.07) is 11.5. The first-order chi connectivity index (χ1) is 11.8. The van der Waals surface area contributed by atoms with Crippen molar-refractivity contribution in [1.29, 1.82) is 0 Å². The third-order valence-corrected chi connectivity index (χ3v) is 4.04. The van der Waals surface area contributed by atoms with Gasteiger partial charge in [0, 0.05) is 56.6 Å². The van der Waals surface area contributed by atoms with Gasteiger partial charge in [0.15, 0.2) is 0 Å². The molecule has 1 fully saturated rings. The van der Waals surface area contributed by atoms with E-state index in [1.807, 2.05) is 53.4 Å². The van der Waals surface area contributed by atoms with Gasteiger partial charge in [-0.2, -0.15) is 0 Å². The van der Waals surface area contributed by atoms with Gasteiger partial charge in [0.2, 0.25) is 0 Å². The molecule has 0 aliphatic carbocycles. The second kappa shape index (κ2) is 8.52. The highest BCUT2D eigenvalue weighted by Gasteiger charge is 2.09. The Hall–Kier alpha value is -2.31. The van der Waals surface area contributed by atoms with E-state index in [9.17, 15) is 4.79 Å². The van der Waals surface area contributed by atoms with Crippen LogP contribution in [0.2, 0.25) is 0 Å². The SMILES string of the molecule is O=C(NCCN1CCCOCC1)Nc1cccc(-n2cccc2)c1. The maximum Gasteiger partial charge on any atom is 0.319 e. The molecule has 0 bridgehead atoms. The summed E-state index contributed by atoms with van der Waals surface area (Å²) in [6.45, 7) is 5.05. The number of urea groups is 1. The van der Waals surface area contributed by atoms with Gasteiger partial charge in [0.1, 0.15) is 0 Å². The van der Waals surface area contributed by atoms with Crippen LogP contribution < -0.4 is 10.6 Å². The highest BCUT2D eigenvalue weighted by Crippen LogP contribution is 2.14. The minimum Gasteiger partial charge on any atom is -0.380 e. The molecule has 0 saturated carbocycles. The van der Waals surface area contributed by atoms with Gasteiger partial charge in [-0.1, -0.05) is 6.07 Å². The van der Waals surface area contributed by atoms with Crippen LogP contribution in [0.15, 0.2) is 48.8 Å². The Labute approximate surface area is 142 Å². The number of hydrogen-bond donors (Lipinski definition) is 2. The van der Waals surface area contributed by atoms with Crippen LogP contribution >= 0.6 is 0 Å². The van der Waals surface area contributed by atoms with Gasteiger partial charge in [-0.05, 0) is 36.8 Å². The lowest BCUT2D eigenvalue weighted by Gasteiger charge is -2.19. The number of nitrogens with zero attached hydrogens (tertiary/aromatic N) is 2. The molecule has 6 heteroatoms. The summed E-state index contributed by atoms with van der Waals surface area (Å²) in [7, 11) is 0. The van der Waals surface area contributed by atoms with Crippen molar-refractivity contribution in [1.82, 2.24) is 14.8 Å². The lowest BCUT2D eigenvalue weighted by molar-refractivity contribution is 0.141. The molecule has 2 heterocycles. The van der Waals surface area contributed by atoms with Crippen molar-refractivity contribution >= 4 is 11.7 Å². The highest BCUT2D eigenvalue weighted by atomic mass is 16.5. The molecule has 2 aromatic rings. The summed E-state index contributed by atoms with van der Waals surface area (Å²) >= 11 is 0. The number of rotatable bonds is 5. The summed E-state index contributed by atoms with van der Waals surface area (Å²) in [6.07, 6.45) is 5.01. The molecule has 1 aromatic carbocycles. The number of ether oxygens (including phenoxy) is 1. The maximum absolute atomic E-state index is 12.0. The zero-order valence-electron chi connectivity index (χ0n) is 13.8. The Morgan fingerprint density at radius 3 is 2.88 bits per heavy atom. The van der Waals surface area contributed by atoms with E-state index in [2.05, 4.69) is 15.5 Å². The third kappa shape index (κ3) is 4.84. The molecule has 1 aliphatic heterocycles. The van der Waals surface area contributed by atoms with Crippen LogP contribution in [-0.4, -0.2) is 54.9 Å². The van der Waals surface area contributed by atoms with Gasteiger partial charge in [0.25, 0.3) is 0 Å². The molecule has 0 spiro atoms. The summed E-state index contributed by atoms with van der Waals surface area (Å²) in [5.41, 5.74) is 1.80. The fourth-order valence-corrected chi connectivity index (χ4v) is 2.78. The zero-order chi connectivity index (χ0) is 16.6. The second-order valence-corrected chi connectivity index (χ2v) is 5.83. The van der Waals surface area contributed by atoms with Crippen LogP contribution in [0.4, 0.5) is 10.5 Å². The molecule has 0 radical (unpaired) electrons. The zero-order valence-corrected chi connectivity index (χ0v) is 13.8. The van der Waals surface area contributed by atoms with E-state index >= 15 is 0 Å². The number of nitrogens with one attached hydrogen (secondary N) is 2. The number of anilines is 1. The Kier molecular flexibility index (Phi) is 5.87. The van der Waals surface area contributed by atoms with Crippen molar-refractivity contribution in [2.24, 2.45) is 0 Å². The van der Waals surface area contributed by atoms with E-state index in [4.69, 9.17) is 4.74 Å². The molecule has 24 heavy (non-hydrogen) atoms. The topological polar surface area (TPSA) is 58.5 Å². The van der Waals surface area contributed by atoms with Crippen molar-refractivity contribution in [2.45, 2.75) is 6.42 Å². The Morgan fingerprint density at radius 2 is 2.00 bits per heavy atom. The molecule has 0 unspecified atom stereocenters. The van der Waals surface area contributed by atoms with Crippen molar-refractivity contribution in [3.8, 4) is 5.69 Å². The minimum absolute atomic E-state index is 0.175. The van der Waals surface area contributed by atoms with Crippen LogP contribution in [0.25, 0.3) is 5.69 Å². The quantitative estimate of drug-likeness (QED) is 0.885. The lowest BCUT2D eigenvalue weighted by atomic mass is 10.3. The predicted molar refractivity (Wildman–Crippen MR) is 94.7 cm³/mol. The molecule has 2 N–H and O–H groups in total. The van der Waals surface area contributed by atoms with E-state index in [1.54, 1.807) is 0 Å². The van der Waals surface area contributed by atoms with Crippen molar-refractivity contribution in [3.05, 3.63) is 48.8 Å². The van der Waals surface area contributed by atoms with Gasteiger partial charge in [-0.25, -0.2) is 4.79 Å². The van der Waals surface area contributed by atoms with E-state index in [0.717, 1.165) is 50.6 Å². The second-order valence-electron chi connectivity index (χ2n) is 5.83. The summed E-state index contributed by atoms with van der Waals surface area (Å²) in [4.78, 5) is 14.4. The van der Waals surface area contributed by atoms with Gasteiger partial charge in [0.05, 0.1) is 6.61 Å². The molecule has 6 nitrogen and oxygen atoms in total. The standard InChI is InChI=1S/C18H24N4O2/c23-18(19-7-11-21-8-4-13-24-14-12-21)20-16-5-3-6-17(15-16)22-9-1-2-10-22/h1-3,5-6,9-10,15H,4,7-8,11-14H2,(H2,19,20,23). The monoisotopic (exact) mass is 328 g/mol. The predicted octanol–water partition coefficient (Wildman–Crippen LogP) is 2.32. The first-order valence-corrected chi connectivity index (χ1v) is 8.40. The molecule has 128 valence electrons. The molecule has 0 atom stereocenters. The normalized spacial score (nSPS) is 15.7. The fraction of sp³-hybridized carbons (Fsp3) is 0.389. The van der Waals surface area contributed by atoms with Gasteiger partial charge in [-0.15, -0.1) is 0 Å². The molecule has 1 aromatic heterocycles. The van der Waals surface area contributed by atoms with Crippen LogP contribution in [0.1, 0.15) is 6.42 Å². The average molecular weight is 328 g/mol. The lowest BCUT2D eigenvalue weighted by Crippen LogP contribution is -2.38. The number of carbonyl (C=O) groups excluding carboxylic acids is 1. The summed E-state index contributed by atoms with van der Waals surface area (Å²) in [5, 5.41) is 5.80. The maximum atomic E-state index is 12.0. The first kappa shape index (κ1) is 16.5. The van der Waals surface area contributed by atoms with Gasteiger partial charge >= 0.3 is 6.03 Å². The van der Waals surface area contributed by atoms with Gasteiger partial charge < -0.3 is 19.9 Å². The summed E-state index contributed by atoms with van der Waals surface area (Å²) in [5.74, 6) is 0. The largest absolute Gasteiger partial charge is 0.380 e. The third-order valence-electron chi connectivity index (χ3n) is 4.04. The first-order valence-electron chi connectivity index (χ1n) is 8.40. The van der Waals surface area contributed by atoms with Crippen LogP contribution in [0.5, 0.6) is 0 Å². The number of carbonyl (C=O) groups is 1. The smallest absolute Gasteiger partial charge is 0.319 e. The molecule has 3 rings (SSSR count). The van der Waals surface area contributed by atoms with Crippen LogP contribution in [0.3, 0.4) is 0 Å². The summed E-state index contributed by atoms with van der Waals surface area (Å²) < 4.78 is 7.43. The number of aromatic nitrogens is 1. The van der Waals surface area contributed by atoms with Crippen molar-refractivity contribution in [3.63, 3.8) is 0 Å². The van der Waals surface area contributed by atoms with E-state index < -0.39 is 0 Å². The Bertz CT molecular complexity index is 634. The molecular formula is C18H24N4O2. The van der Waals surface area contributed by atoms with E-state index in [1.165, 1.54) is 0 Å². The Balaban J connectivity index is 1.45. The number of amides is 2. The van der Waals surface area contributed by atoms with E-state index in [0.29, 0.717) is 6.54 Å². The van der Waals surface area contributed by atoms with Crippen molar-refractivity contribution < 1.29 is 9.53 Å². The Morgan fingerprint density at radius 1 is 1.12 bits per heavy atom. The van der Waals surface area contributed by atoms with Crippen molar-refractivity contribution in [2.75, 3.05) is 44.7 Å². The molecule has 1 saturated heterocycles.